The predicted molar refractivity (Wildman–Crippen MR) is 201 cm³/mol. The van der Waals surface area contributed by atoms with Crippen LogP contribution in [0.4, 0.5) is 4.79 Å². The van der Waals surface area contributed by atoms with Crippen molar-refractivity contribution in [2.24, 2.45) is 5.92 Å². The van der Waals surface area contributed by atoms with Gasteiger partial charge in [-0.15, -0.1) is 0 Å². The molecule has 2 aliphatic heterocycles. The second kappa shape index (κ2) is 15.5. The number of aryl methyl sites for hydroxylation is 1. The zero-order valence-corrected chi connectivity index (χ0v) is 33.3. The number of nitrogens with zero attached hydrogens (tertiary/aromatic N) is 2. The Morgan fingerprint density at radius 3 is 2.27 bits per heavy atom. The Morgan fingerprint density at radius 1 is 0.964 bits per heavy atom. The van der Waals surface area contributed by atoms with Crippen molar-refractivity contribution in [3.63, 3.8) is 0 Å². The highest BCUT2D eigenvalue weighted by molar-refractivity contribution is 5.91. The molecule has 2 aliphatic rings. The maximum atomic E-state index is 14.1. The van der Waals surface area contributed by atoms with Crippen molar-refractivity contribution in [3.05, 3.63) is 56.9 Å². The average Bonchev–Trinajstić information content (AvgIpc) is 3.44. The molecule has 14 heteroatoms. The summed E-state index contributed by atoms with van der Waals surface area (Å²) in [6.07, 6.45) is -0.700. The molecule has 0 spiro atoms. The molecule has 0 saturated heterocycles. The Balaban J connectivity index is 1.43. The maximum absolute atomic E-state index is 14.1. The van der Waals surface area contributed by atoms with Crippen LogP contribution in [0.2, 0.25) is 0 Å². The molecule has 5 rings (SSSR count). The number of rotatable bonds is 11. The summed E-state index contributed by atoms with van der Waals surface area (Å²) in [4.78, 5) is 84.1. The molecule has 0 fully saturated rings. The van der Waals surface area contributed by atoms with Gasteiger partial charge in [0.1, 0.15) is 29.6 Å². The van der Waals surface area contributed by atoms with E-state index >= 15 is 0 Å². The lowest BCUT2D eigenvalue weighted by Crippen LogP contribution is -2.47. The van der Waals surface area contributed by atoms with Crippen LogP contribution in [0, 0.1) is 5.92 Å². The molecule has 0 saturated carbocycles. The van der Waals surface area contributed by atoms with Crippen molar-refractivity contribution in [2.45, 2.75) is 137 Å². The first-order valence-electron chi connectivity index (χ1n) is 18.7. The summed E-state index contributed by atoms with van der Waals surface area (Å²) >= 11 is 0. The Bertz CT molecular complexity index is 2110. The highest BCUT2D eigenvalue weighted by atomic mass is 16.7. The number of carbonyl (C=O) groups excluding carboxylic acids is 5. The monoisotopic (exact) mass is 761 g/mol. The van der Waals surface area contributed by atoms with E-state index in [-0.39, 0.29) is 48.8 Å². The Kier molecular flexibility index (Phi) is 11.5. The number of hydrogen-bond acceptors (Lipinski definition) is 12. The van der Waals surface area contributed by atoms with E-state index in [2.05, 4.69) is 5.32 Å². The highest BCUT2D eigenvalue weighted by Crippen LogP contribution is 2.42. The van der Waals surface area contributed by atoms with E-state index in [1.165, 1.54) is 0 Å². The SMILES string of the molecule is CCc1c2c(nc3ccc(OC(=O)OC(C)(C)C)cc13)-c1cc3c(c(=O)n1C2)COC(=O)[C@@]3(CC)OC(=O)CCC(=O)N[C@@H](CC(C)C)C(=O)OC(C)(C)C. The molecule has 0 radical (unpaired) electrons. The van der Waals surface area contributed by atoms with Crippen LogP contribution in [-0.2, 0) is 63.3 Å². The summed E-state index contributed by atoms with van der Waals surface area (Å²) in [6, 6.07) is 5.81. The number of esters is 3. The van der Waals surface area contributed by atoms with Crippen molar-refractivity contribution in [1.29, 1.82) is 0 Å². The molecule has 1 amide bonds. The van der Waals surface area contributed by atoms with Crippen LogP contribution in [0.3, 0.4) is 0 Å². The van der Waals surface area contributed by atoms with Crippen LogP contribution >= 0.6 is 0 Å². The van der Waals surface area contributed by atoms with E-state index in [4.69, 9.17) is 28.7 Å². The van der Waals surface area contributed by atoms with E-state index in [1.807, 2.05) is 20.8 Å². The van der Waals surface area contributed by atoms with Crippen LogP contribution in [0.25, 0.3) is 22.3 Å². The zero-order chi connectivity index (χ0) is 40.6. The first-order chi connectivity index (χ1) is 25.7. The van der Waals surface area contributed by atoms with E-state index in [0.29, 0.717) is 29.7 Å². The van der Waals surface area contributed by atoms with Gasteiger partial charge in [0.2, 0.25) is 11.5 Å². The minimum absolute atomic E-state index is 0.0482. The molecular weight excluding hydrogens is 710 g/mol. The number of fused-ring (bicyclic) bond motifs is 5. The van der Waals surface area contributed by atoms with E-state index in [9.17, 15) is 28.8 Å². The van der Waals surface area contributed by atoms with Gasteiger partial charge in [0.25, 0.3) is 5.56 Å². The smallest absolute Gasteiger partial charge is 0.458 e. The molecule has 0 aliphatic carbocycles. The van der Waals surface area contributed by atoms with Gasteiger partial charge in [0.15, 0.2) is 0 Å². The summed E-state index contributed by atoms with van der Waals surface area (Å²) in [7, 11) is 0. The number of ether oxygens (including phenoxy) is 5. The van der Waals surface area contributed by atoms with Crippen LogP contribution in [-0.4, -0.2) is 56.8 Å². The number of hydrogen-bond donors (Lipinski definition) is 1. The van der Waals surface area contributed by atoms with Gasteiger partial charge in [-0.2, -0.15) is 0 Å². The highest BCUT2D eigenvalue weighted by Gasteiger charge is 2.50. The van der Waals surface area contributed by atoms with E-state index < -0.39 is 64.8 Å². The molecule has 1 aromatic carbocycles. The van der Waals surface area contributed by atoms with Crippen molar-refractivity contribution in [1.82, 2.24) is 14.9 Å². The molecule has 2 aromatic heterocycles. The average molecular weight is 762 g/mol. The fourth-order valence-corrected chi connectivity index (χ4v) is 6.92. The Labute approximate surface area is 320 Å². The third-order valence-corrected chi connectivity index (χ3v) is 9.27. The quantitative estimate of drug-likeness (QED) is 0.105. The third kappa shape index (κ3) is 8.84. The fraction of sp³-hybridized carbons (Fsp3) is 0.537. The lowest BCUT2D eigenvalue weighted by molar-refractivity contribution is -0.189. The molecule has 4 heterocycles. The van der Waals surface area contributed by atoms with Gasteiger partial charge in [-0.05, 0) is 96.6 Å². The zero-order valence-electron chi connectivity index (χ0n) is 33.3. The molecule has 296 valence electrons. The first kappa shape index (κ1) is 40.9. The number of nitrogens with one attached hydrogen (secondary N) is 1. The lowest BCUT2D eigenvalue weighted by Gasteiger charge is -2.35. The second-order valence-corrected chi connectivity index (χ2v) is 16.3. The van der Waals surface area contributed by atoms with Crippen molar-refractivity contribution in [3.8, 4) is 17.1 Å². The predicted octanol–water partition coefficient (Wildman–Crippen LogP) is 6.16. The number of pyridine rings is 2. The largest absolute Gasteiger partial charge is 0.514 e. The first-order valence-corrected chi connectivity index (χ1v) is 18.7. The van der Waals surface area contributed by atoms with Gasteiger partial charge in [0, 0.05) is 22.9 Å². The molecule has 0 unspecified atom stereocenters. The van der Waals surface area contributed by atoms with E-state index in [0.717, 1.165) is 16.5 Å². The van der Waals surface area contributed by atoms with Crippen LogP contribution < -0.4 is 15.6 Å². The summed E-state index contributed by atoms with van der Waals surface area (Å²) < 4.78 is 29.2. The molecule has 55 heavy (non-hydrogen) atoms. The van der Waals surface area contributed by atoms with Gasteiger partial charge in [0.05, 0.1) is 35.4 Å². The van der Waals surface area contributed by atoms with Crippen LogP contribution in [0.1, 0.15) is 117 Å². The Morgan fingerprint density at radius 2 is 1.65 bits per heavy atom. The molecule has 14 nitrogen and oxygen atoms in total. The van der Waals surface area contributed by atoms with Crippen LogP contribution in [0.5, 0.6) is 5.75 Å². The maximum Gasteiger partial charge on any atom is 0.514 e. The summed E-state index contributed by atoms with van der Waals surface area (Å²) in [5.74, 6) is -2.48. The number of aromatic nitrogens is 2. The number of cyclic esters (lactones) is 1. The number of amides is 1. The van der Waals surface area contributed by atoms with E-state index in [1.54, 1.807) is 77.3 Å². The molecular formula is C41H51N3O11. The van der Waals surface area contributed by atoms with Crippen LogP contribution in [0.15, 0.2) is 29.1 Å². The third-order valence-electron chi connectivity index (χ3n) is 9.27. The normalized spacial score (nSPS) is 16.7. The minimum Gasteiger partial charge on any atom is -0.458 e. The number of carbonyl (C=O) groups is 5. The number of benzene rings is 1. The summed E-state index contributed by atoms with van der Waals surface area (Å²) in [5.41, 5.74) is -0.189. The Hall–Kier alpha value is -5.27. The minimum atomic E-state index is -1.95. The van der Waals surface area contributed by atoms with Gasteiger partial charge >= 0.3 is 24.1 Å². The summed E-state index contributed by atoms with van der Waals surface area (Å²) in [6.45, 7) is 17.8. The van der Waals surface area contributed by atoms with Crippen molar-refractivity contribution < 1.29 is 47.7 Å². The topological polar surface area (TPSA) is 178 Å². The molecule has 3 aromatic rings. The van der Waals surface area contributed by atoms with Crippen molar-refractivity contribution in [2.75, 3.05) is 0 Å². The lowest BCUT2D eigenvalue weighted by atomic mass is 9.85. The summed E-state index contributed by atoms with van der Waals surface area (Å²) in [5, 5.41) is 3.42. The van der Waals surface area contributed by atoms with Gasteiger partial charge in [-0.3, -0.25) is 14.4 Å². The fourth-order valence-electron chi connectivity index (χ4n) is 6.92. The van der Waals surface area contributed by atoms with Gasteiger partial charge in [-0.25, -0.2) is 19.4 Å². The molecule has 2 atom stereocenters. The standard InChI is InChI=1S/C41H51N3O11/c1-11-24-25-18-23(52-38(50)55-40(8,9)10)13-14-29(25)43-34-26(24)20-44-31(34)19-28-27(35(44)47)21-51-37(49)41(28,12-2)53-33(46)16-15-32(45)42-30(17-22(3)4)36(48)54-39(5,6)7/h13-14,18-19,22,30H,11-12,15-17,20-21H2,1-10H3,(H,42,45)/t30-,41-/m0/s1. The molecule has 1 N–H and O–H groups in total. The molecule has 0 bridgehead atoms. The second-order valence-electron chi connectivity index (χ2n) is 16.3. The van der Waals surface area contributed by atoms with Crippen molar-refractivity contribution >= 4 is 40.9 Å². The van der Waals surface area contributed by atoms with Gasteiger partial charge in [-0.1, -0.05) is 27.7 Å². The van der Waals surface area contributed by atoms with Gasteiger partial charge < -0.3 is 33.6 Å².